The van der Waals surface area contributed by atoms with Gasteiger partial charge in [0.25, 0.3) is 0 Å². The van der Waals surface area contributed by atoms with Gasteiger partial charge in [0, 0.05) is 38.6 Å². The summed E-state index contributed by atoms with van der Waals surface area (Å²) in [6.45, 7) is 10.6. The van der Waals surface area contributed by atoms with E-state index < -0.39 is 0 Å². The number of nitrogens with zero attached hydrogens (tertiary/aromatic N) is 2. The van der Waals surface area contributed by atoms with Gasteiger partial charge in [-0.1, -0.05) is 20.3 Å². The molecule has 1 fully saturated rings. The molecule has 16 heavy (non-hydrogen) atoms. The highest BCUT2D eigenvalue weighted by Gasteiger charge is 2.22. The lowest BCUT2D eigenvalue weighted by atomic mass is 10.1. The third-order valence-electron chi connectivity index (χ3n) is 3.63. The zero-order valence-electron chi connectivity index (χ0n) is 11.0. The minimum Gasteiger partial charge on any atom is -0.340 e. The van der Waals surface area contributed by atoms with E-state index in [9.17, 15) is 4.79 Å². The van der Waals surface area contributed by atoms with Gasteiger partial charge in [-0.3, -0.25) is 9.69 Å². The largest absolute Gasteiger partial charge is 0.340 e. The van der Waals surface area contributed by atoms with Crippen molar-refractivity contribution >= 4 is 5.91 Å². The molecule has 0 spiro atoms. The van der Waals surface area contributed by atoms with E-state index in [0.29, 0.717) is 11.9 Å². The van der Waals surface area contributed by atoms with Crippen molar-refractivity contribution in [2.45, 2.75) is 52.5 Å². The number of rotatable bonds is 5. The Morgan fingerprint density at radius 2 is 1.81 bits per heavy atom. The zero-order chi connectivity index (χ0) is 12.0. The topological polar surface area (TPSA) is 23.6 Å². The molecule has 0 aromatic heterocycles. The molecule has 1 atom stereocenters. The number of carbonyl (C=O) groups is 1. The summed E-state index contributed by atoms with van der Waals surface area (Å²) in [5.74, 6) is 0.352. The van der Waals surface area contributed by atoms with Gasteiger partial charge in [0.1, 0.15) is 0 Å². The fourth-order valence-corrected chi connectivity index (χ4v) is 2.16. The van der Waals surface area contributed by atoms with E-state index in [2.05, 4.69) is 25.7 Å². The molecule has 1 rings (SSSR count). The van der Waals surface area contributed by atoms with Crippen LogP contribution in [-0.2, 0) is 4.79 Å². The first kappa shape index (κ1) is 13.5. The second kappa shape index (κ2) is 6.89. The molecule has 3 heteroatoms. The quantitative estimate of drug-likeness (QED) is 0.717. The Bertz CT molecular complexity index is 210. The third kappa shape index (κ3) is 3.78. The van der Waals surface area contributed by atoms with Crippen LogP contribution in [0.2, 0.25) is 0 Å². The maximum atomic E-state index is 11.8. The van der Waals surface area contributed by atoms with Crippen LogP contribution in [0.25, 0.3) is 0 Å². The van der Waals surface area contributed by atoms with Crippen molar-refractivity contribution in [2.75, 3.05) is 26.2 Å². The normalized spacial score (nSPS) is 19.8. The predicted octanol–water partition coefficient (Wildman–Crippen LogP) is 2.12. The summed E-state index contributed by atoms with van der Waals surface area (Å²) >= 11 is 0. The molecule has 0 aliphatic carbocycles. The lowest BCUT2D eigenvalue weighted by Gasteiger charge is -2.37. The van der Waals surface area contributed by atoms with Gasteiger partial charge in [0.05, 0.1) is 0 Å². The van der Waals surface area contributed by atoms with Gasteiger partial charge in [0.15, 0.2) is 0 Å². The lowest BCUT2D eigenvalue weighted by Crippen LogP contribution is -2.51. The van der Waals surface area contributed by atoms with Crippen LogP contribution in [0.3, 0.4) is 0 Å². The maximum absolute atomic E-state index is 11.8. The van der Waals surface area contributed by atoms with Crippen molar-refractivity contribution in [3.63, 3.8) is 0 Å². The predicted molar refractivity (Wildman–Crippen MR) is 67.4 cm³/mol. The lowest BCUT2D eigenvalue weighted by molar-refractivity contribution is -0.133. The van der Waals surface area contributed by atoms with Gasteiger partial charge in [-0.05, 0) is 19.8 Å². The van der Waals surface area contributed by atoms with Crippen LogP contribution in [0.15, 0.2) is 0 Å². The molecule has 3 nitrogen and oxygen atoms in total. The van der Waals surface area contributed by atoms with Crippen LogP contribution in [-0.4, -0.2) is 47.9 Å². The van der Waals surface area contributed by atoms with Crippen molar-refractivity contribution in [1.82, 2.24) is 9.80 Å². The highest BCUT2D eigenvalue weighted by atomic mass is 16.2. The summed E-state index contributed by atoms with van der Waals surface area (Å²) in [5.41, 5.74) is 0. The average Bonchev–Trinajstić information content (AvgIpc) is 2.35. The standard InChI is InChI=1S/C13H26N2O/c1-4-6-7-13(16)15-10-8-14(9-11-15)12(3)5-2/h12H,4-11H2,1-3H3. The van der Waals surface area contributed by atoms with E-state index in [1.54, 1.807) is 0 Å². The van der Waals surface area contributed by atoms with E-state index in [-0.39, 0.29) is 0 Å². The Balaban J connectivity index is 2.28. The molecule has 94 valence electrons. The molecular formula is C13H26N2O. The van der Waals surface area contributed by atoms with Crippen molar-refractivity contribution in [2.24, 2.45) is 0 Å². The van der Waals surface area contributed by atoms with Crippen LogP contribution in [0.4, 0.5) is 0 Å². The molecule has 1 heterocycles. The number of hydrogen-bond acceptors (Lipinski definition) is 2. The molecular weight excluding hydrogens is 200 g/mol. The molecule has 0 aromatic carbocycles. The molecule has 1 aliphatic rings. The Kier molecular flexibility index (Phi) is 5.81. The zero-order valence-corrected chi connectivity index (χ0v) is 11.0. The van der Waals surface area contributed by atoms with Crippen LogP contribution < -0.4 is 0 Å². The van der Waals surface area contributed by atoms with Crippen molar-refractivity contribution in [3.05, 3.63) is 0 Å². The van der Waals surface area contributed by atoms with E-state index in [1.807, 2.05) is 4.90 Å². The van der Waals surface area contributed by atoms with Gasteiger partial charge < -0.3 is 4.90 Å². The van der Waals surface area contributed by atoms with Crippen LogP contribution in [0, 0.1) is 0 Å². The fraction of sp³-hybridized carbons (Fsp3) is 0.923. The van der Waals surface area contributed by atoms with Crippen molar-refractivity contribution in [3.8, 4) is 0 Å². The minimum atomic E-state index is 0.352. The summed E-state index contributed by atoms with van der Waals surface area (Å²) < 4.78 is 0. The summed E-state index contributed by atoms with van der Waals surface area (Å²) in [4.78, 5) is 16.3. The van der Waals surface area contributed by atoms with Gasteiger partial charge in [0.2, 0.25) is 5.91 Å². The van der Waals surface area contributed by atoms with Crippen LogP contribution in [0.5, 0.6) is 0 Å². The Morgan fingerprint density at radius 1 is 1.19 bits per heavy atom. The Morgan fingerprint density at radius 3 is 2.31 bits per heavy atom. The van der Waals surface area contributed by atoms with Crippen LogP contribution >= 0.6 is 0 Å². The molecule has 0 bridgehead atoms. The minimum absolute atomic E-state index is 0.352. The fourth-order valence-electron chi connectivity index (χ4n) is 2.16. The molecule has 1 saturated heterocycles. The number of hydrogen-bond donors (Lipinski definition) is 0. The first-order valence-electron chi connectivity index (χ1n) is 6.70. The van der Waals surface area contributed by atoms with Crippen LogP contribution in [0.1, 0.15) is 46.5 Å². The number of unbranched alkanes of at least 4 members (excludes halogenated alkanes) is 1. The Hall–Kier alpha value is -0.570. The van der Waals surface area contributed by atoms with Crippen molar-refractivity contribution < 1.29 is 4.79 Å². The van der Waals surface area contributed by atoms with Gasteiger partial charge >= 0.3 is 0 Å². The summed E-state index contributed by atoms with van der Waals surface area (Å²) in [6, 6.07) is 0.660. The van der Waals surface area contributed by atoms with E-state index in [0.717, 1.165) is 45.4 Å². The van der Waals surface area contributed by atoms with E-state index in [4.69, 9.17) is 0 Å². The van der Waals surface area contributed by atoms with Gasteiger partial charge in [-0.15, -0.1) is 0 Å². The summed E-state index contributed by atoms with van der Waals surface area (Å²) in [7, 11) is 0. The smallest absolute Gasteiger partial charge is 0.222 e. The van der Waals surface area contributed by atoms with E-state index in [1.165, 1.54) is 6.42 Å². The summed E-state index contributed by atoms with van der Waals surface area (Å²) in [5, 5.41) is 0. The molecule has 0 radical (unpaired) electrons. The molecule has 0 aromatic rings. The maximum Gasteiger partial charge on any atom is 0.222 e. The number of carbonyl (C=O) groups excluding carboxylic acids is 1. The van der Waals surface area contributed by atoms with E-state index >= 15 is 0 Å². The van der Waals surface area contributed by atoms with Gasteiger partial charge in [-0.2, -0.15) is 0 Å². The number of amides is 1. The van der Waals surface area contributed by atoms with Crippen molar-refractivity contribution in [1.29, 1.82) is 0 Å². The second-order valence-corrected chi connectivity index (χ2v) is 4.78. The monoisotopic (exact) mass is 226 g/mol. The average molecular weight is 226 g/mol. The second-order valence-electron chi connectivity index (χ2n) is 4.78. The third-order valence-corrected chi connectivity index (χ3v) is 3.63. The Labute approximate surface area is 99.8 Å². The first-order chi connectivity index (χ1) is 7.69. The SMILES string of the molecule is CCCCC(=O)N1CCN(C(C)CC)CC1. The molecule has 0 saturated carbocycles. The highest BCUT2D eigenvalue weighted by Crippen LogP contribution is 2.10. The van der Waals surface area contributed by atoms with Gasteiger partial charge in [-0.25, -0.2) is 0 Å². The molecule has 0 N–H and O–H groups in total. The molecule has 1 unspecified atom stereocenters. The molecule has 1 amide bonds. The first-order valence-corrected chi connectivity index (χ1v) is 6.70. The molecule has 1 aliphatic heterocycles. The number of piperazine rings is 1. The summed E-state index contributed by atoms with van der Waals surface area (Å²) in [6.07, 6.45) is 4.08. The highest BCUT2D eigenvalue weighted by molar-refractivity contribution is 5.76.